The smallest absolute Gasteiger partial charge is 0.0270 e. The van der Waals surface area contributed by atoms with E-state index in [-0.39, 0.29) is 10.8 Å². The Morgan fingerprint density at radius 1 is 0.882 bits per heavy atom. The molecular weight excluding hydrogens is 204 g/mol. The molecule has 0 amide bonds. The van der Waals surface area contributed by atoms with Crippen molar-refractivity contribution in [2.24, 2.45) is 0 Å². The van der Waals surface area contributed by atoms with Gasteiger partial charge < -0.3 is 0 Å². The van der Waals surface area contributed by atoms with Crippen LogP contribution in [0.4, 0.5) is 0 Å². The predicted octanol–water partition coefficient (Wildman–Crippen LogP) is 5.15. The van der Waals surface area contributed by atoms with Crippen molar-refractivity contribution in [3.05, 3.63) is 41.5 Å². The summed E-state index contributed by atoms with van der Waals surface area (Å²) in [6.07, 6.45) is 0. The maximum atomic E-state index is 2.41. The summed E-state index contributed by atoms with van der Waals surface area (Å²) in [6, 6.07) is 11.2. The van der Waals surface area contributed by atoms with E-state index < -0.39 is 0 Å². The van der Waals surface area contributed by atoms with Crippen LogP contribution >= 0.6 is 0 Å². The summed E-state index contributed by atoms with van der Waals surface area (Å²) in [4.78, 5) is 0. The van der Waals surface area contributed by atoms with Crippen LogP contribution < -0.4 is 0 Å². The second-order valence-electron chi connectivity index (χ2n) is 7.02. The zero-order valence-electron chi connectivity index (χ0n) is 11.9. The Kier molecular flexibility index (Phi) is 2.65. The van der Waals surface area contributed by atoms with Gasteiger partial charge in [0.2, 0.25) is 0 Å². The van der Waals surface area contributed by atoms with Crippen LogP contribution in [0.5, 0.6) is 0 Å². The van der Waals surface area contributed by atoms with Crippen molar-refractivity contribution in [1.29, 1.82) is 0 Å². The van der Waals surface area contributed by atoms with E-state index in [0.717, 1.165) is 0 Å². The second-order valence-corrected chi connectivity index (χ2v) is 7.02. The summed E-state index contributed by atoms with van der Waals surface area (Å²) >= 11 is 0. The monoisotopic (exact) mass is 227 g/mol. The Morgan fingerprint density at radius 3 is 2.06 bits per heavy atom. The van der Waals surface area contributed by atoms with Gasteiger partial charge in [0.25, 0.3) is 0 Å². The molecule has 0 radical (unpaired) electrons. The highest BCUT2D eigenvalue weighted by Gasteiger charge is 2.19. The van der Waals surface area contributed by atoms with Gasteiger partial charge in [0.15, 0.2) is 0 Å². The van der Waals surface area contributed by atoms with Crippen LogP contribution in [0.15, 0.2) is 30.3 Å². The van der Waals surface area contributed by atoms with Crippen molar-refractivity contribution in [3.8, 4) is 0 Å². The second kappa shape index (κ2) is 3.66. The molecule has 0 unspecified atom stereocenters. The van der Waals surface area contributed by atoms with Gasteiger partial charge in [-0.2, -0.15) is 0 Å². The molecule has 0 N–H and O–H groups in total. The summed E-state index contributed by atoms with van der Waals surface area (Å²) in [6.45, 7) is 13.8. The number of fused-ring (bicyclic) bond motifs is 1. The predicted molar refractivity (Wildman–Crippen MR) is 76.9 cm³/mol. The summed E-state index contributed by atoms with van der Waals surface area (Å²) in [5.74, 6) is 0. The Balaban J connectivity index is 2.81. The maximum absolute atomic E-state index is 2.41. The molecule has 0 heteroatoms. The minimum Gasteiger partial charge on any atom is -0.144 e. The minimum absolute atomic E-state index is 0.211. The highest BCUT2D eigenvalue weighted by molar-refractivity contribution is 5.92. The molecule has 0 aliphatic rings. The lowest BCUT2D eigenvalue weighted by Gasteiger charge is -2.24. The molecule has 0 aliphatic carbocycles. The van der Waals surface area contributed by atoms with Crippen molar-refractivity contribution >= 4 is 10.8 Å². The van der Waals surface area contributed by atoms with E-state index in [1.165, 1.54) is 21.9 Å². The summed E-state index contributed by atoms with van der Waals surface area (Å²) in [5.41, 5.74) is 3.36. The zero-order valence-corrected chi connectivity index (χ0v) is 11.9. The first-order valence-corrected chi connectivity index (χ1v) is 6.40. The van der Waals surface area contributed by atoms with E-state index in [9.17, 15) is 0 Å². The first-order chi connectivity index (χ1) is 7.71. The van der Waals surface area contributed by atoms with Gasteiger partial charge >= 0.3 is 0 Å². The third-order valence-electron chi connectivity index (χ3n) is 3.41. The first-order valence-electron chi connectivity index (χ1n) is 6.40. The fraction of sp³-hybridized carbons (Fsp3) is 0.471. The molecule has 0 atom stereocenters. The molecule has 0 nitrogen and oxygen atoms in total. The number of hydrogen-bond acceptors (Lipinski definition) is 0. The van der Waals surface area contributed by atoms with Crippen molar-refractivity contribution in [3.63, 3.8) is 0 Å². The average Bonchev–Trinajstić information content (AvgIpc) is 2.55. The molecule has 17 heavy (non-hydrogen) atoms. The lowest BCUT2D eigenvalue weighted by Crippen LogP contribution is -2.12. The van der Waals surface area contributed by atoms with E-state index in [0.29, 0.717) is 0 Å². The molecule has 2 aromatic rings. The van der Waals surface area contributed by atoms with E-state index in [2.05, 4.69) is 71.9 Å². The van der Waals surface area contributed by atoms with Gasteiger partial charge in [0.1, 0.15) is 0 Å². The first kappa shape index (κ1) is 12.3. The van der Waals surface area contributed by atoms with Gasteiger partial charge in [-0.05, 0) is 10.8 Å². The molecule has 0 saturated carbocycles. The molecule has 92 valence electrons. The zero-order chi connectivity index (χ0) is 12.8. The molecule has 0 saturated heterocycles. The Morgan fingerprint density at radius 2 is 1.53 bits per heavy atom. The molecule has 2 rings (SSSR count). The summed E-state index contributed by atoms with van der Waals surface area (Å²) < 4.78 is 0. The number of hydrogen-bond donors (Lipinski definition) is 0. The molecule has 2 aromatic carbocycles. The number of rotatable bonds is 0. The van der Waals surface area contributed by atoms with Gasteiger partial charge in [-0.1, -0.05) is 46.9 Å². The normalized spacial score (nSPS) is 13.3. The van der Waals surface area contributed by atoms with E-state index in [1.807, 2.05) is 0 Å². The SMILES string of the molecule is CC(C)(C)c1cc(C(C)(C)C)[c-]2ccccc12. The third kappa shape index (κ3) is 2.13. The number of benzene rings is 1. The lowest BCUT2D eigenvalue weighted by atomic mass is 9.85. The van der Waals surface area contributed by atoms with Crippen LogP contribution in [0.2, 0.25) is 0 Å². The fourth-order valence-electron chi connectivity index (χ4n) is 2.49. The summed E-state index contributed by atoms with van der Waals surface area (Å²) in [7, 11) is 0. The van der Waals surface area contributed by atoms with Crippen molar-refractivity contribution < 1.29 is 0 Å². The summed E-state index contributed by atoms with van der Waals surface area (Å²) in [5, 5.41) is 2.84. The van der Waals surface area contributed by atoms with Crippen LogP contribution in [0.25, 0.3) is 10.8 Å². The molecule has 0 aliphatic heterocycles. The van der Waals surface area contributed by atoms with Crippen molar-refractivity contribution in [1.82, 2.24) is 0 Å². The highest BCUT2D eigenvalue weighted by atomic mass is 14.3. The largest absolute Gasteiger partial charge is 0.144 e. The topological polar surface area (TPSA) is 0 Å². The van der Waals surface area contributed by atoms with Crippen LogP contribution in [0.1, 0.15) is 52.7 Å². The van der Waals surface area contributed by atoms with Crippen LogP contribution in [0.3, 0.4) is 0 Å². The van der Waals surface area contributed by atoms with E-state index >= 15 is 0 Å². The van der Waals surface area contributed by atoms with Crippen molar-refractivity contribution in [2.45, 2.75) is 52.4 Å². The van der Waals surface area contributed by atoms with Crippen molar-refractivity contribution in [2.75, 3.05) is 0 Å². The third-order valence-corrected chi connectivity index (χ3v) is 3.41. The maximum Gasteiger partial charge on any atom is -0.0270 e. The Bertz CT molecular complexity index is 479. The molecular formula is C17H23-. The highest BCUT2D eigenvalue weighted by Crippen LogP contribution is 2.39. The standard InChI is InChI=1S/C17H23/c1-16(2,3)14-11-15(17(4,5)6)13-10-8-7-9-12(13)14/h7-11H,1-6H3/q-1. The van der Waals surface area contributed by atoms with Crippen LogP contribution in [-0.4, -0.2) is 0 Å². The van der Waals surface area contributed by atoms with Gasteiger partial charge in [0.05, 0.1) is 0 Å². The van der Waals surface area contributed by atoms with E-state index in [4.69, 9.17) is 0 Å². The minimum atomic E-state index is 0.211. The fourth-order valence-corrected chi connectivity index (χ4v) is 2.49. The van der Waals surface area contributed by atoms with Crippen LogP contribution in [-0.2, 0) is 10.8 Å². The van der Waals surface area contributed by atoms with Gasteiger partial charge in [-0.25, -0.2) is 0 Å². The quantitative estimate of drug-likeness (QED) is 0.546. The molecule has 0 fully saturated rings. The molecule has 0 bridgehead atoms. The average molecular weight is 227 g/mol. The van der Waals surface area contributed by atoms with E-state index in [1.54, 1.807) is 0 Å². The Labute approximate surface area is 105 Å². The molecule has 0 spiro atoms. The van der Waals surface area contributed by atoms with Gasteiger partial charge in [-0.3, -0.25) is 0 Å². The Hall–Kier alpha value is -1.17. The van der Waals surface area contributed by atoms with Crippen LogP contribution in [0, 0.1) is 0 Å². The van der Waals surface area contributed by atoms with Gasteiger partial charge in [-0.15, -0.1) is 46.8 Å². The lowest BCUT2D eigenvalue weighted by molar-refractivity contribution is 0.582. The molecule has 0 heterocycles. The molecule has 0 aromatic heterocycles. The van der Waals surface area contributed by atoms with Gasteiger partial charge in [0, 0.05) is 0 Å².